The van der Waals surface area contributed by atoms with E-state index in [0.717, 1.165) is 24.2 Å². The van der Waals surface area contributed by atoms with Crippen molar-refractivity contribution in [2.75, 3.05) is 7.11 Å². The van der Waals surface area contributed by atoms with Crippen LogP contribution in [0.4, 0.5) is 0 Å². The first-order chi connectivity index (χ1) is 19.1. The van der Waals surface area contributed by atoms with Crippen molar-refractivity contribution in [3.05, 3.63) is 138 Å². The SMILES string of the molecule is COc1ccc(Cc2c3ccccc3cc[n+]2C)cc1Oc1ccc(Cc2c3ccccc3cc[n+]2C)cc1.[I-].[I-]. The number of hydrogen-bond acceptors (Lipinski definition) is 2. The van der Waals surface area contributed by atoms with E-state index in [4.69, 9.17) is 9.47 Å². The van der Waals surface area contributed by atoms with Crippen LogP contribution in [-0.4, -0.2) is 7.11 Å². The molecule has 0 aliphatic rings. The minimum Gasteiger partial charge on any atom is -1.00 e. The summed E-state index contributed by atoms with van der Waals surface area (Å²) in [5.74, 6) is 2.21. The van der Waals surface area contributed by atoms with Crippen molar-refractivity contribution >= 4 is 21.5 Å². The number of nitrogens with zero attached hydrogens (tertiary/aromatic N) is 2. The Morgan fingerprint density at radius 2 is 1.07 bits per heavy atom. The lowest BCUT2D eigenvalue weighted by Gasteiger charge is -2.13. The average molecular weight is 766 g/mol. The number of rotatable bonds is 7. The van der Waals surface area contributed by atoms with Crippen LogP contribution >= 0.6 is 0 Å². The molecule has 0 amide bonds. The Morgan fingerprint density at radius 1 is 0.561 bits per heavy atom. The van der Waals surface area contributed by atoms with E-state index in [9.17, 15) is 0 Å². The van der Waals surface area contributed by atoms with Crippen LogP contribution in [0, 0.1) is 0 Å². The van der Waals surface area contributed by atoms with E-state index in [0.29, 0.717) is 11.5 Å². The molecule has 4 aromatic carbocycles. The highest BCUT2D eigenvalue weighted by Gasteiger charge is 2.16. The largest absolute Gasteiger partial charge is 1.00 e. The molecule has 0 aliphatic carbocycles. The minimum atomic E-state index is 0. The van der Waals surface area contributed by atoms with Gasteiger partial charge in [0.25, 0.3) is 0 Å². The van der Waals surface area contributed by atoms with Gasteiger partial charge in [0.05, 0.1) is 20.0 Å². The summed E-state index contributed by atoms with van der Waals surface area (Å²) in [5.41, 5.74) is 4.95. The Morgan fingerprint density at radius 3 is 1.63 bits per heavy atom. The Bertz CT molecular complexity index is 1800. The second-order valence-corrected chi connectivity index (χ2v) is 10.0. The van der Waals surface area contributed by atoms with E-state index in [1.807, 2.05) is 18.2 Å². The van der Waals surface area contributed by atoms with Crippen molar-refractivity contribution in [3.63, 3.8) is 0 Å². The van der Waals surface area contributed by atoms with Crippen LogP contribution in [-0.2, 0) is 26.9 Å². The van der Waals surface area contributed by atoms with Crippen LogP contribution in [0.3, 0.4) is 0 Å². The molecule has 0 saturated carbocycles. The molecule has 6 aromatic rings. The van der Waals surface area contributed by atoms with Crippen LogP contribution in [0.15, 0.2) is 116 Å². The third kappa shape index (κ3) is 6.64. The van der Waals surface area contributed by atoms with Crippen LogP contribution in [0.25, 0.3) is 21.5 Å². The lowest BCUT2D eigenvalue weighted by molar-refractivity contribution is -0.677. The zero-order valence-corrected chi connectivity index (χ0v) is 27.7. The predicted octanol–water partition coefficient (Wildman–Crippen LogP) is 0.633. The third-order valence-corrected chi connectivity index (χ3v) is 7.47. The summed E-state index contributed by atoms with van der Waals surface area (Å²) in [6.45, 7) is 0. The molecule has 6 rings (SSSR count). The molecule has 2 heterocycles. The maximum absolute atomic E-state index is 6.36. The van der Waals surface area contributed by atoms with Gasteiger partial charge in [0.2, 0.25) is 0 Å². The van der Waals surface area contributed by atoms with Crippen molar-refractivity contribution in [1.82, 2.24) is 0 Å². The van der Waals surface area contributed by atoms with Crippen molar-refractivity contribution in [1.29, 1.82) is 0 Å². The number of aromatic nitrogens is 2. The molecule has 0 fully saturated rings. The number of benzene rings is 4. The van der Waals surface area contributed by atoms with E-state index < -0.39 is 0 Å². The molecule has 0 N–H and O–H groups in total. The molecular formula is C35H32I2N2O2. The Balaban J connectivity index is 0.00000194. The monoisotopic (exact) mass is 766 g/mol. The lowest BCUT2D eigenvalue weighted by atomic mass is 10.0. The van der Waals surface area contributed by atoms with Gasteiger partial charge >= 0.3 is 0 Å². The summed E-state index contributed by atoms with van der Waals surface area (Å²) in [7, 11) is 5.89. The highest BCUT2D eigenvalue weighted by atomic mass is 127. The van der Waals surface area contributed by atoms with E-state index in [1.54, 1.807) is 7.11 Å². The third-order valence-electron chi connectivity index (χ3n) is 7.47. The standard InChI is InChI=1S/C35H32N2O2.2HI/c1-36-20-18-27-8-4-6-10-30(27)32(36)22-25-12-15-29(16-13-25)39-35-24-26(14-17-34(35)38-3)23-33-31-11-7-5-9-28(31)19-21-37(33)2;;/h4-21,24H,22-23H2,1-3H3;2*1H/q+2;;/p-2. The zero-order chi connectivity index (χ0) is 26.8. The van der Waals surface area contributed by atoms with Gasteiger partial charge in [-0.2, -0.15) is 0 Å². The number of aryl methyl sites for hydroxylation is 2. The van der Waals surface area contributed by atoms with Crippen LogP contribution in [0.5, 0.6) is 17.2 Å². The molecule has 0 radical (unpaired) electrons. The molecular weight excluding hydrogens is 734 g/mol. The zero-order valence-electron chi connectivity index (χ0n) is 23.4. The van der Waals surface area contributed by atoms with Gasteiger partial charge in [-0.05, 0) is 58.3 Å². The normalized spacial score (nSPS) is 10.6. The minimum absolute atomic E-state index is 0. The first kappa shape index (κ1) is 30.7. The summed E-state index contributed by atoms with van der Waals surface area (Å²) in [6.07, 6.45) is 5.89. The Kier molecular flexibility index (Phi) is 10.2. The van der Waals surface area contributed by atoms with Crippen LogP contribution < -0.4 is 66.6 Å². The fourth-order valence-corrected chi connectivity index (χ4v) is 5.29. The molecule has 0 unspecified atom stereocenters. The van der Waals surface area contributed by atoms with Gasteiger partial charge in [0, 0.05) is 22.9 Å². The topological polar surface area (TPSA) is 26.2 Å². The fourth-order valence-electron chi connectivity index (χ4n) is 5.29. The number of methoxy groups -OCH3 is 1. The van der Waals surface area contributed by atoms with Crippen molar-refractivity contribution in [3.8, 4) is 17.2 Å². The van der Waals surface area contributed by atoms with Crippen LogP contribution in [0.2, 0.25) is 0 Å². The highest BCUT2D eigenvalue weighted by molar-refractivity contribution is 5.84. The number of fused-ring (bicyclic) bond motifs is 2. The Hall–Kier alpha value is -3.24. The van der Waals surface area contributed by atoms with E-state index in [1.165, 1.54) is 38.5 Å². The van der Waals surface area contributed by atoms with Gasteiger partial charge in [0.15, 0.2) is 35.3 Å². The summed E-state index contributed by atoms with van der Waals surface area (Å²) in [6, 6.07) is 35.9. The molecule has 6 heteroatoms. The van der Waals surface area contributed by atoms with Crippen molar-refractivity contribution in [2.45, 2.75) is 12.8 Å². The Labute approximate surface area is 275 Å². The molecule has 0 aliphatic heterocycles. The summed E-state index contributed by atoms with van der Waals surface area (Å²) < 4.78 is 16.4. The molecule has 0 spiro atoms. The summed E-state index contributed by atoms with van der Waals surface area (Å²) in [4.78, 5) is 0. The van der Waals surface area contributed by atoms with Crippen molar-refractivity contribution in [2.24, 2.45) is 14.1 Å². The second-order valence-electron chi connectivity index (χ2n) is 10.0. The number of halogens is 2. The van der Waals surface area contributed by atoms with E-state index in [-0.39, 0.29) is 48.0 Å². The maximum atomic E-state index is 6.36. The molecule has 41 heavy (non-hydrogen) atoms. The first-order valence-electron chi connectivity index (χ1n) is 13.3. The van der Waals surface area contributed by atoms with Gasteiger partial charge < -0.3 is 57.4 Å². The number of hydrogen-bond donors (Lipinski definition) is 0. The maximum Gasteiger partial charge on any atom is 0.193 e. The number of pyridine rings is 2. The average Bonchev–Trinajstić information content (AvgIpc) is 2.97. The molecule has 0 atom stereocenters. The van der Waals surface area contributed by atoms with Gasteiger partial charge in [-0.1, -0.05) is 54.6 Å². The smallest absolute Gasteiger partial charge is 0.193 e. The second kappa shape index (κ2) is 13.6. The lowest BCUT2D eigenvalue weighted by Crippen LogP contribution is -3.00. The highest BCUT2D eigenvalue weighted by Crippen LogP contribution is 2.33. The van der Waals surface area contributed by atoms with Gasteiger partial charge in [-0.15, -0.1) is 0 Å². The summed E-state index contributed by atoms with van der Waals surface area (Å²) in [5, 5.41) is 5.04. The van der Waals surface area contributed by atoms with Gasteiger partial charge in [-0.3, -0.25) is 0 Å². The van der Waals surface area contributed by atoms with Crippen LogP contribution in [0.1, 0.15) is 22.5 Å². The molecule has 208 valence electrons. The molecule has 4 nitrogen and oxygen atoms in total. The predicted molar refractivity (Wildman–Crippen MR) is 155 cm³/mol. The molecule has 0 bridgehead atoms. The summed E-state index contributed by atoms with van der Waals surface area (Å²) >= 11 is 0. The van der Waals surface area contributed by atoms with E-state index >= 15 is 0 Å². The first-order valence-corrected chi connectivity index (χ1v) is 13.3. The number of ether oxygens (including phenoxy) is 2. The van der Waals surface area contributed by atoms with Gasteiger partial charge in [-0.25, -0.2) is 9.13 Å². The van der Waals surface area contributed by atoms with E-state index in [2.05, 4.69) is 121 Å². The molecule has 2 aromatic heterocycles. The van der Waals surface area contributed by atoms with Crippen molar-refractivity contribution < 1.29 is 66.6 Å². The molecule has 0 saturated heterocycles. The quantitative estimate of drug-likeness (QED) is 0.176. The fraction of sp³-hybridized carbons (Fsp3) is 0.143. The van der Waals surface area contributed by atoms with Gasteiger partial charge in [0.1, 0.15) is 19.8 Å².